The second kappa shape index (κ2) is 8.69. The molecule has 2 N–H and O–H groups in total. The second-order valence-corrected chi connectivity index (χ2v) is 8.82. The minimum Gasteiger partial charge on any atom is -0.377 e. The van der Waals surface area contributed by atoms with Gasteiger partial charge in [-0.3, -0.25) is 4.79 Å². The average molecular weight is 404 g/mol. The molecule has 160 valence electrons. The lowest BCUT2D eigenvalue weighted by Gasteiger charge is -2.29. The summed E-state index contributed by atoms with van der Waals surface area (Å²) in [6.07, 6.45) is 7.04. The molecule has 1 aliphatic heterocycles. The van der Waals surface area contributed by atoms with Crippen LogP contribution in [0.1, 0.15) is 43.8 Å². The summed E-state index contributed by atoms with van der Waals surface area (Å²) in [5.41, 5.74) is 0. The molecule has 2 heterocycles. The lowest BCUT2D eigenvalue weighted by molar-refractivity contribution is -0.127. The monoisotopic (exact) mass is 403 g/mol. The number of nitrogens with zero attached hydrogens (tertiary/aromatic N) is 5. The number of guanidine groups is 1. The predicted molar refractivity (Wildman–Crippen MR) is 109 cm³/mol. The van der Waals surface area contributed by atoms with Crippen LogP contribution in [0.5, 0.6) is 0 Å². The number of hydrogen-bond donors (Lipinski definition) is 2. The average Bonchev–Trinajstić information content (AvgIpc) is 3.40. The summed E-state index contributed by atoms with van der Waals surface area (Å²) in [5, 5.41) is 11.8. The molecule has 4 unspecified atom stereocenters. The number of rotatable bonds is 6. The molecular formula is C20H33N7O2. The van der Waals surface area contributed by atoms with Crippen molar-refractivity contribution in [1.29, 1.82) is 0 Å². The van der Waals surface area contributed by atoms with E-state index < -0.39 is 0 Å². The molecule has 3 aliphatic rings. The van der Waals surface area contributed by atoms with Crippen LogP contribution < -0.4 is 10.6 Å². The zero-order valence-corrected chi connectivity index (χ0v) is 17.7. The Hall–Kier alpha value is -2.16. The summed E-state index contributed by atoms with van der Waals surface area (Å²) in [5.74, 6) is 4.09. The van der Waals surface area contributed by atoms with Crippen LogP contribution in [-0.4, -0.2) is 71.4 Å². The van der Waals surface area contributed by atoms with E-state index in [1.54, 1.807) is 26.1 Å². The van der Waals surface area contributed by atoms with Gasteiger partial charge >= 0.3 is 0 Å². The van der Waals surface area contributed by atoms with Gasteiger partial charge in [-0.2, -0.15) is 5.10 Å². The maximum Gasteiger partial charge on any atom is 0.243 e. The van der Waals surface area contributed by atoms with Crippen LogP contribution in [0.25, 0.3) is 0 Å². The number of carbonyl (C=O) groups excluding carboxylic acids is 1. The Morgan fingerprint density at radius 2 is 2.14 bits per heavy atom. The van der Waals surface area contributed by atoms with E-state index in [1.807, 2.05) is 4.68 Å². The molecule has 1 aromatic heterocycles. The normalized spacial score (nSPS) is 28.3. The first-order chi connectivity index (χ1) is 14.0. The highest BCUT2D eigenvalue weighted by molar-refractivity contribution is 5.85. The molecule has 4 rings (SSSR count). The Kier molecular flexibility index (Phi) is 6.03. The predicted octanol–water partition coefficient (Wildman–Crippen LogP) is 0.551. The third kappa shape index (κ3) is 4.71. The maximum absolute atomic E-state index is 12.1. The summed E-state index contributed by atoms with van der Waals surface area (Å²) in [4.78, 5) is 22.8. The molecular weight excluding hydrogens is 370 g/mol. The highest BCUT2D eigenvalue weighted by Gasteiger charge is 2.40. The Bertz CT molecular complexity index is 760. The van der Waals surface area contributed by atoms with Gasteiger partial charge in [-0.15, -0.1) is 0 Å². The van der Waals surface area contributed by atoms with Crippen LogP contribution in [0.15, 0.2) is 4.99 Å². The van der Waals surface area contributed by atoms with E-state index in [-0.39, 0.29) is 18.5 Å². The first-order valence-electron chi connectivity index (χ1n) is 10.7. The van der Waals surface area contributed by atoms with Crippen molar-refractivity contribution in [3.05, 3.63) is 11.6 Å². The number of aromatic nitrogens is 3. The fraction of sp³-hybridized carbons (Fsp3) is 0.800. The largest absolute Gasteiger partial charge is 0.377 e. The van der Waals surface area contributed by atoms with Crippen molar-refractivity contribution in [2.45, 2.75) is 63.8 Å². The van der Waals surface area contributed by atoms with Gasteiger partial charge in [0.2, 0.25) is 5.91 Å². The van der Waals surface area contributed by atoms with E-state index >= 15 is 0 Å². The molecule has 9 heteroatoms. The third-order valence-electron chi connectivity index (χ3n) is 6.45. The van der Waals surface area contributed by atoms with Crippen LogP contribution in [0, 0.1) is 11.8 Å². The minimum absolute atomic E-state index is 0.00505. The van der Waals surface area contributed by atoms with Crippen LogP contribution in [-0.2, 0) is 29.1 Å². The van der Waals surface area contributed by atoms with Gasteiger partial charge < -0.3 is 20.3 Å². The van der Waals surface area contributed by atoms with E-state index in [0.717, 1.165) is 48.8 Å². The molecule has 2 fully saturated rings. The molecule has 1 amide bonds. The summed E-state index contributed by atoms with van der Waals surface area (Å²) in [7, 11) is 5.18. The summed E-state index contributed by atoms with van der Waals surface area (Å²) < 4.78 is 7.12. The van der Waals surface area contributed by atoms with E-state index in [2.05, 4.69) is 25.7 Å². The zero-order valence-electron chi connectivity index (χ0n) is 17.7. The van der Waals surface area contributed by atoms with Crippen molar-refractivity contribution in [1.82, 2.24) is 30.3 Å². The molecule has 0 saturated heterocycles. The molecule has 2 bridgehead atoms. The van der Waals surface area contributed by atoms with Gasteiger partial charge in [0.15, 0.2) is 11.8 Å². The standard InChI is InChI=1S/C20H33N7O2/c1-26(2)19(28)10-21-20(23-16-9-13-4-5-14(16)8-13)22-15-6-7-18-24-17(12-29-3)25-27(18)11-15/h13-16H,4-12H2,1-3H3,(H2,21,22,23). The van der Waals surface area contributed by atoms with Gasteiger partial charge in [-0.25, -0.2) is 14.7 Å². The Labute approximate surface area is 172 Å². The fourth-order valence-electron chi connectivity index (χ4n) is 4.88. The van der Waals surface area contributed by atoms with E-state index in [4.69, 9.17) is 4.74 Å². The number of aliphatic imine (C=N–C) groups is 1. The molecule has 9 nitrogen and oxygen atoms in total. The van der Waals surface area contributed by atoms with Crippen LogP contribution in [0.4, 0.5) is 0 Å². The van der Waals surface area contributed by atoms with Crippen LogP contribution in [0.2, 0.25) is 0 Å². The second-order valence-electron chi connectivity index (χ2n) is 8.82. The van der Waals surface area contributed by atoms with Gasteiger partial charge in [-0.05, 0) is 37.5 Å². The van der Waals surface area contributed by atoms with Gasteiger partial charge in [0.25, 0.3) is 0 Å². The summed E-state index contributed by atoms with van der Waals surface area (Å²) in [6, 6.07) is 0.673. The van der Waals surface area contributed by atoms with Gasteiger partial charge in [-0.1, -0.05) is 6.42 Å². The number of methoxy groups -OCH3 is 1. The molecule has 1 aromatic rings. The van der Waals surface area contributed by atoms with Crippen molar-refractivity contribution in [2.75, 3.05) is 27.7 Å². The Balaban J connectivity index is 1.41. The Morgan fingerprint density at radius 3 is 2.83 bits per heavy atom. The van der Waals surface area contributed by atoms with E-state index in [9.17, 15) is 4.79 Å². The van der Waals surface area contributed by atoms with Crippen LogP contribution >= 0.6 is 0 Å². The van der Waals surface area contributed by atoms with Gasteiger partial charge in [0.05, 0.1) is 6.54 Å². The number of likely N-dealkylation sites (N-methyl/N-ethyl adjacent to an activating group) is 1. The first-order valence-corrected chi connectivity index (χ1v) is 10.7. The number of nitrogens with one attached hydrogen (secondary N) is 2. The minimum atomic E-state index is 0.00505. The number of aryl methyl sites for hydroxylation is 1. The zero-order chi connectivity index (χ0) is 20.4. The Morgan fingerprint density at radius 1 is 1.28 bits per heavy atom. The number of ether oxygens (including phenoxy) is 1. The van der Waals surface area contributed by atoms with E-state index in [0.29, 0.717) is 12.6 Å². The fourth-order valence-corrected chi connectivity index (χ4v) is 4.88. The highest BCUT2D eigenvalue weighted by Crippen LogP contribution is 2.44. The quantitative estimate of drug-likeness (QED) is 0.532. The van der Waals surface area contributed by atoms with Gasteiger partial charge in [0.1, 0.15) is 19.0 Å². The van der Waals surface area contributed by atoms with E-state index in [1.165, 1.54) is 25.7 Å². The highest BCUT2D eigenvalue weighted by atomic mass is 16.5. The molecule has 29 heavy (non-hydrogen) atoms. The van der Waals surface area contributed by atoms with Crippen molar-refractivity contribution in [3.8, 4) is 0 Å². The first kappa shape index (κ1) is 20.1. The topological polar surface area (TPSA) is 96.7 Å². The third-order valence-corrected chi connectivity index (χ3v) is 6.45. The molecule has 2 aliphatic carbocycles. The summed E-state index contributed by atoms with van der Waals surface area (Å²) in [6.45, 7) is 1.33. The van der Waals surface area contributed by atoms with Crippen molar-refractivity contribution in [2.24, 2.45) is 16.8 Å². The molecule has 0 radical (unpaired) electrons. The number of fused-ring (bicyclic) bond motifs is 3. The van der Waals surface area contributed by atoms with Crippen molar-refractivity contribution < 1.29 is 9.53 Å². The summed E-state index contributed by atoms with van der Waals surface area (Å²) >= 11 is 0. The van der Waals surface area contributed by atoms with Crippen LogP contribution in [0.3, 0.4) is 0 Å². The number of carbonyl (C=O) groups is 1. The smallest absolute Gasteiger partial charge is 0.243 e. The number of amides is 1. The molecule has 0 aromatic carbocycles. The maximum atomic E-state index is 12.1. The molecule has 2 saturated carbocycles. The van der Waals surface area contributed by atoms with Crippen molar-refractivity contribution in [3.63, 3.8) is 0 Å². The SMILES string of the molecule is COCc1nc2n(n1)CC(NC(=NCC(=O)N(C)C)NC1CC3CCC1C3)CC2. The lowest BCUT2D eigenvalue weighted by atomic mass is 9.95. The lowest BCUT2D eigenvalue weighted by Crippen LogP contribution is -2.51. The number of hydrogen-bond acceptors (Lipinski definition) is 5. The van der Waals surface area contributed by atoms with Gasteiger partial charge in [0, 0.05) is 39.7 Å². The molecule has 0 spiro atoms. The van der Waals surface area contributed by atoms with Crippen molar-refractivity contribution >= 4 is 11.9 Å². The molecule has 4 atom stereocenters.